The zero-order valence-electron chi connectivity index (χ0n) is 32.6. The van der Waals surface area contributed by atoms with Crippen molar-refractivity contribution in [2.75, 3.05) is 0 Å². The molecule has 0 bridgehead atoms. The van der Waals surface area contributed by atoms with Gasteiger partial charge >= 0.3 is 0 Å². The smallest absolute Gasteiger partial charge is 0.238 e. The van der Waals surface area contributed by atoms with E-state index in [-0.39, 0.29) is 5.41 Å². The molecule has 0 spiro atoms. The van der Waals surface area contributed by atoms with Gasteiger partial charge in [-0.25, -0.2) is 4.98 Å². The van der Waals surface area contributed by atoms with Crippen molar-refractivity contribution in [3.8, 4) is 56.7 Å². The van der Waals surface area contributed by atoms with E-state index in [1.807, 2.05) is 6.07 Å². The van der Waals surface area contributed by atoms with Crippen LogP contribution in [0.1, 0.15) is 25.0 Å². The number of nitrogens with zero attached hydrogens (tertiary/aromatic N) is 5. The van der Waals surface area contributed by atoms with Crippen LogP contribution < -0.4 is 0 Å². The molecule has 0 radical (unpaired) electrons. The molecule has 0 aliphatic heterocycles. The fraction of sp³-hybridized carbons (Fsp3) is 0.0556. The third-order valence-corrected chi connectivity index (χ3v) is 12.4. The molecule has 0 atom stereocenters. The van der Waals surface area contributed by atoms with Gasteiger partial charge in [0.2, 0.25) is 5.95 Å². The Kier molecular flexibility index (Phi) is 7.20. The van der Waals surface area contributed by atoms with E-state index in [0.29, 0.717) is 17.6 Å². The molecule has 8 aromatic carbocycles. The highest BCUT2D eigenvalue weighted by Gasteiger charge is 2.38. The van der Waals surface area contributed by atoms with Crippen LogP contribution >= 0.6 is 0 Å². The molecule has 278 valence electrons. The highest BCUT2D eigenvalue weighted by Crippen LogP contribution is 2.52. The molecule has 0 fully saturated rings. The summed E-state index contributed by atoms with van der Waals surface area (Å²) < 4.78 is 4.64. The zero-order chi connectivity index (χ0) is 39.2. The number of hydrogen-bond donors (Lipinski definition) is 0. The second kappa shape index (κ2) is 12.7. The van der Waals surface area contributed by atoms with Crippen molar-refractivity contribution in [2.45, 2.75) is 19.3 Å². The normalized spacial score (nSPS) is 13.1. The predicted octanol–water partition coefficient (Wildman–Crippen LogP) is 13.4. The summed E-state index contributed by atoms with van der Waals surface area (Å²) in [4.78, 5) is 16.1. The molecule has 0 saturated carbocycles. The maximum Gasteiger partial charge on any atom is 0.238 e. The topological polar surface area (TPSA) is 48.5 Å². The van der Waals surface area contributed by atoms with Crippen molar-refractivity contribution in [1.82, 2.24) is 24.1 Å². The fourth-order valence-electron chi connectivity index (χ4n) is 9.67. The van der Waals surface area contributed by atoms with Crippen molar-refractivity contribution in [3.05, 3.63) is 199 Å². The second-order valence-corrected chi connectivity index (χ2v) is 16.1. The van der Waals surface area contributed by atoms with Crippen molar-refractivity contribution in [3.63, 3.8) is 0 Å². The van der Waals surface area contributed by atoms with Crippen molar-refractivity contribution < 1.29 is 0 Å². The minimum absolute atomic E-state index is 0.250. The van der Waals surface area contributed by atoms with Gasteiger partial charge in [0.15, 0.2) is 11.6 Å². The van der Waals surface area contributed by atoms with Gasteiger partial charge < -0.3 is 4.57 Å². The number of benzene rings is 8. The lowest BCUT2D eigenvalue weighted by molar-refractivity contribution is 0.663. The molecule has 0 N–H and O–H groups in total. The fourth-order valence-corrected chi connectivity index (χ4v) is 9.67. The molecule has 1 aliphatic carbocycles. The number of hydrogen-bond acceptors (Lipinski definition) is 3. The van der Waals surface area contributed by atoms with Crippen LogP contribution in [0.25, 0.3) is 100 Å². The van der Waals surface area contributed by atoms with Crippen LogP contribution in [0.4, 0.5) is 0 Å². The maximum absolute atomic E-state index is 5.44. The van der Waals surface area contributed by atoms with E-state index in [2.05, 4.69) is 205 Å². The molecule has 11 aromatic rings. The lowest BCUT2D eigenvalue weighted by Gasteiger charge is -2.23. The third kappa shape index (κ3) is 5.01. The summed E-state index contributed by atoms with van der Waals surface area (Å²) in [5, 5.41) is 4.80. The number of rotatable bonds is 5. The van der Waals surface area contributed by atoms with E-state index in [1.54, 1.807) is 0 Å². The average molecular weight is 756 g/mol. The quantitative estimate of drug-likeness (QED) is 0.176. The number of para-hydroxylation sites is 3. The molecule has 3 aromatic heterocycles. The first kappa shape index (κ1) is 33.5. The maximum atomic E-state index is 5.44. The van der Waals surface area contributed by atoms with Gasteiger partial charge in [0.25, 0.3) is 0 Å². The Labute approximate surface area is 341 Å². The molecule has 12 rings (SSSR count). The van der Waals surface area contributed by atoms with Crippen LogP contribution in [-0.4, -0.2) is 24.1 Å². The second-order valence-electron chi connectivity index (χ2n) is 16.1. The SMILES string of the molecule is CC1(C)c2ccccc2-c2ccc3c4ccccc4n(-c4nc(-c5ccc(-c6ccccc6)cc5)nc(-c5cccc(-n6c7ccccc7c7ccccc76)c5)n4)c3c21. The van der Waals surface area contributed by atoms with Gasteiger partial charge in [0.1, 0.15) is 0 Å². The van der Waals surface area contributed by atoms with Crippen molar-refractivity contribution in [2.24, 2.45) is 0 Å². The van der Waals surface area contributed by atoms with Crippen LogP contribution in [0.2, 0.25) is 0 Å². The molecule has 0 amide bonds. The van der Waals surface area contributed by atoms with Crippen LogP contribution in [0, 0.1) is 0 Å². The highest BCUT2D eigenvalue weighted by molar-refractivity contribution is 6.13. The standard InChI is InChI=1S/C54H37N5/c1-54(2)45-23-10-6-19-39(45)43-31-32-44-42-22-9-13-26-48(42)59(50(44)49(43)54)53-56-51(36-29-27-35(28-30-36)34-15-4-3-5-16-34)55-52(57-53)37-17-14-18-38(33-37)58-46-24-11-7-20-40(46)41-21-8-12-25-47(41)58/h3-33H,1-2H3. The van der Waals surface area contributed by atoms with Gasteiger partial charge in [-0.3, -0.25) is 4.57 Å². The Morgan fingerprint density at radius 2 is 0.932 bits per heavy atom. The van der Waals surface area contributed by atoms with Crippen LogP contribution in [-0.2, 0) is 5.41 Å². The summed E-state index contributed by atoms with van der Waals surface area (Å²) in [6.07, 6.45) is 0. The molecule has 3 heterocycles. The minimum Gasteiger partial charge on any atom is -0.309 e. The molecule has 5 nitrogen and oxygen atoms in total. The lowest BCUT2D eigenvalue weighted by atomic mass is 9.81. The number of aromatic nitrogens is 5. The molecule has 1 aliphatic rings. The van der Waals surface area contributed by atoms with Gasteiger partial charge in [-0.15, -0.1) is 0 Å². The molecular weight excluding hydrogens is 719 g/mol. The van der Waals surface area contributed by atoms with Gasteiger partial charge in [0, 0.05) is 43.8 Å². The Morgan fingerprint density at radius 1 is 0.390 bits per heavy atom. The third-order valence-electron chi connectivity index (χ3n) is 12.4. The van der Waals surface area contributed by atoms with Gasteiger partial charge in [-0.05, 0) is 63.7 Å². The van der Waals surface area contributed by atoms with Gasteiger partial charge in [-0.2, -0.15) is 9.97 Å². The Morgan fingerprint density at radius 3 is 1.64 bits per heavy atom. The zero-order valence-corrected chi connectivity index (χ0v) is 32.6. The molecule has 0 unspecified atom stereocenters. The molecule has 59 heavy (non-hydrogen) atoms. The van der Waals surface area contributed by atoms with Gasteiger partial charge in [0.05, 0.1) is 22.1 Å². The van der Waals surface area contributed by atoms with E-state index in [0.717, 1.165) is 44.4 Å². The first-order valence-corrected chi connectivity index (χ1v) is 20.2. The van der Waals surface area contributed by atoms with Crippen LogP contribution in [0.15, 0.2) is 188 Å². The average Bonchev–Trinajstić information content (AvgIpc) is 3.90. The van der Waals surface area contributed by atoms with E-state index < -0.39 is 0 Å². The highest BCUT2D eigenvalue weighted by atomic mass is 15.2. The first-order chi connectivity index (χ1) is 29.0. The molecule has 0 saturated heterocycles. The van der Waals surface area contributed by atoms with Crippen molar-refractivity contribution >= 4 is 43.6 Å². The van der Waals surface area contributed by atoms with Crippen LogP contribution in [0.3, 0.4) is 0 Å². The van der Waals surface area contributed by atoms with Crippen molar-refractivity contribution in [1.29, 1.82) is 0 Å². The Balaban J connectivity index is 1.12. The monoisotopic (exact) mass is 755 g/mol. The molecule has 5 heteroatoms. The summed E-state index contributed by atoms with van der Waals surface area (Å²) in [5.41, 5.74) is 14.6. The van der Waals surface area contributed by atoms with E-state index in [9.17, 15) is 0 Å². The summed E-state index contributed by atoms with van der Waals surface area (Å²) >= 11 is 0. The summed E-state index contributed by atoms with van der Waals surface area (Å²) in [6.45, 7) is 4.69. The Bertz CT molecular complexity index is 3410. The number of fused-ring (bicyclic) bond motifs is 10. The summed E-state index contributed by atoms with van der Waals surface area (Å²) in [7, 11) is 0. The summed E-state index contributed by atoms with van der Waals surface area (Å²) in [6, 6.07) is 66.9. The predicted molar refractivity (Wildman–Crippen MR) is 242 cm³/mol. The van der Waals surface area contributed by atoms with E-state index >= 15 is 0 Å². The van der Waals surface area contributed by atoms with E-state index in [4.69, 9.17) is 15.0 Å². The van der Waals surface area contributed by atoms with Crippen LogP contribution in [0.5, 0.6) is 0 Å². The molecular formula is C54H37N5. The minimum atomic E-state index is -0.250. The van der Waals surface area contributed by atoms with Gasteiger partial charge in [-0.1, -0.05) is 172 Å². The Hall–Kier alpha value is -7.63. The lowest BCUT2D eigenvalue weighted by Crippen LogP contribution is -2.17. The first-order valence-electron chi connectivity index (χ1n) is 20.2. The largest absolute Gasteiger partial charge is 0.309 e. The summed E-state index contributed by atoms with van der Waals surface area (Å²) in [5.74, 6) is 1.82. The van der Waals surface area contributed by atoms with E-state index in [1.165, 1.54) is 49.4 Å².